The number of aryl methyl sites for hydroxylation is 1. The van der Waals surface area contributed by atoms with Crippen molar-refractivity contribution < 1.29 is 9.78 Å². The van der Waals surface area contributed by atoms with Gasteiger partial charge in [-0.25, -0.2) is 9.78 Å². The summed E-state index contributed by atoms with van der Waals surface area (Å²) in [6.07, 6.45) is 1.06. The molecule has 1 heterocycles. The third kappa shape index (κ3) is 2.29. The summed E-state index contributed by atoms with van der Waals surface area (Å²) < 4.78 is 0. The summed E-state index contributed by atoms with van der Waals surface area (Å²) in [6, 6.07) is 2.12. The van der Waals surface area contributed by atoms with E-state index in [2.05, 4.69) is 23.3 Å². The lowest BCUT2D eigenvalue weighted by molar-refractivity contribution is -0.281. The molecule has 2 nitrogen and oxygen atoms in total. The second-order valence-electron chi connectivity index (χ2n) is 2.15. The Balaban J connectivity index is 2.54. The maximum Gasteiger partial charge on any atom is 0.117 e. The maximum atomic E-state index is 4.83. The lowest BCUT2D eigenvalue weighted by atomic mass is 10.2. The van der Waals surface area contributed by atoms with E-state index in [4.69, 9.17) is 4.89 Å². The lowest BCUT2D eigenvalue weighted by Crippen LogP contribution is -1.91. The van der Waals surface area contributed by atoms with E-state index in [1.807, 2.05) is 0 Å². The van der Waals surface area contributed by atoms with Gasteiger partial charge in [-0.05, 0) is 23.4 Å². The molecule has 0 bridgehead atoms. The van der Waals surface area contributed by atoms with Crippen LogP contribution in [-0.2, 0) is 22.8 Å². The summed E-state index contributed by atoms with van der Waals surface area (Å²) >= 11 is 1.71. The molecule has 0 spiro atoms. The molecule has 0 aromatic carbocycles. The van der Waals surface area contributed by atoms with Gasteiger partial charge in [-0.3, -0.25) is 0 Å². The van der Waals surface area contributed by atoms with Crippen molar-refractivity contribution in [3.63, 3.8) is 0 Å². The van der Waals surface area contributed by atoms with E-state index in [-0.39, 0.29) is 0 Å². The van der Waals surface area contributed by atoms with E-state index >= 15 is 0 Å². The summed E-state index contributed by atoms with van der Waals surface area (Å²) in [5.74, 6) is 0. The Hall–Kier alpha value is -0.380. The Morgan fingerprint density at radius 1 is 1.55 bits per heavy atom. The van der Waals surface area contributed by atoms with Gasteiger partial charge in [0.1, 0.15) is 6.61 Å². The van der Waals surface area contributed by atoms with Crippen LogP contribution in [-0.4, -0.2) is 7.11 Å². The molecule has 0 saturated heterocycles. The molecule has 0 saturated carbocycles. The van der Waals surface area contributed by atoms with Gasteiger partial charge < -0.3 is 0 Å². The first-order valence-electron chi connectivity index (χ1n) is 3.59. The molecule has 0 atom stereocenters. The molecule has 0 aliphatic rings. The predicted molar refractivity (Wildman–Crippen MR) is 45.5 cm³/mol. The van der Waals surface area contributed by atoms with Crippen molar-refractivity contribution in [3.05, 3.63) is 21.9 Å². The molecule has 62 valence electrons. The average Bonchev–Trinajstić information content (AvgIpc) is 2.47. The van der Waals surface area contributed by atoms with Crippen LogP contribution in [0.5, 0.6) is 0 Å². The smallest absolute Gasteiger partial charge is 0.117 e. The quantitative estimate of drug-likeness (QED) is 0.513. The first kappa shape index (κ1) is 8.71. The number of rotatable bonds is 4. The Morgan fingerprint density at radius 2 is 2.36 bits per heavy atom. The molecule has 0 N–H and O–H groups in total. The largest absolute Gasteiger partial charge is 0.240 e. The summed E-state index contributed by atoms with van der Waals surface area (Å²) in [7, 11) is 1.53. The van der Waals surface area contributed by atoms with Gasteiger partial charge in [0.25, 0.3) is 0 Å². The van der Waals surface area contributed by atoms with E-state index in [1.165, 1.54) is 17.6 Å². The Bertz CT molecular complexity index is 208. The van der Waals surface area contributed by atoms with Crippen LogP contribution in [0.15, 0.2) is 11.4 Å². The van der Waals surface area contributed by atoms with Crippen LogP contribution >= 0.6 is 11.3 Å². The minimum absolute atomic E-state index is 0.567. The monoisotopic (exact) mass is 172 g/mol. The van der Waals surface area contributed by atoms with Crippen molar-refractivity contribution in [1.29, 1.82) is 0 Å². The molecule has 11 heavy (non-hydrogen) atoms. The molecule has 0 aliphatic carbocycles. The van der Waals surface area contributed by atoms with Crippen LogP contribution in [0.25, 0.3) is 0 Å². The van der Waals surface area contributed by atoms with Crippen LogP contribution in [0.2, 0.25) is 0 Å². The third-order valence-corrected chi connectivity index (χ3v) is 2.46. The maximum absolute atomic E-state index is 4.83. The molecular weight excluding hydrogens is 160 g/mol. The van der Waals surface area contributed by atoms with E-state index in [9.17, 15) is 0 Å². The second-order valence-corrected chi connectivity index (χ2v) is 3.15. The van der Waals surface area contributed by atoms with Gasteiger partial charge in [-0.15, -0.1) is 11.3 Å². The molecule has 0 amide bonds. The number of thiophene rings is 1. The topological polar surface area (TPSA) is 18.5 Å². The second kappa shape index (κ2) is 4.49. The van der Waals surface area contributed by atoms with Crippen LogP contribution < -0.4 is 0 Å². The van der Waals surface area contributed by atoms with Gasteiger partial charge in [0.05, 0.1) is 7.11 Å². The third-order valence-electron chi connectivity index (χ3n) is 1.53. The fourth-order valence-corrected chi connectivity index (χ4v) is 1.80. The molecular formula is C8H12O2S. The summed E-state index contributed by atoms with van der Waals surface area (Å²) in [5, 5.41) is 2.08. The number of hydrogen-bond donors (Lipinski definition) is 0. The van der Waals surface area contributed by atoms with Crippen molar-refractivity contribution in [2.24, 2.45) is 0 Å². The zero-order valence-corrected chi connectivity index (χ0v) is 7.61. The fourth-order valence-electron chi connectivity index (χ4n) is 0.921. The van der Waals surface area contributed by atoms with Gasteiger partial charge in [-0.1, -0.05) is 6.92 Å². The van der Waals surface area contributed by atoms with Crippen LogP contribution in [0, 0.1) is 0 Å². The van der Waals surface area contributed by atoms with Gasteiger partial charge in [0.15, 0.2) is 0 Å². The lowest BCUT2D eigenvalue weighted by Gasteiger charge is -1.99. The van der Waals surface area contributed by atoms with Crippen molar-refractivity contribution in [3.8, 4) is 0 Å². The zero-order chi connectivity index (χ0) is 8.10. The summed E-state index contributed by atoms with van der Waals surface area (Å²) in [5.41, 5.74) is 1.35. The van der Waals surface area contributed by atoms with Crippen LogP contribution in [0.1, 0.15) is 17.4 Å². The van der Waals surface area contributed by atoms with Crippen LogP contribution in [0.3, 0.4) is 0 Å². The van der Waals surface area contributed by atoms with Crippen molar-refractivity contribution in [2.75, 3.05) is 7.11 Å². The first-order chi connectivity index (χ1) is 5.38. The molecule has 1 aromatic rings. The Kier molecular flexibility index (Phi) is 3.56. The minimum Gasteiger partial charge on any atom is -0.240 e. The summed E-state index contributed by atoms with van der Waals surface area (Å²) in [6.45, 7) is 2.70. The summed E-state index contributed by atoms with van der Waals surface area (Å²) in [4.78, 5) is 10.6. The fraction of sp³-hybridized carbons (Fsp3) is 0.500. The first-order valence-corrected chi connectivity index (χ1v) is 4.47. The van der Waals surface area contributed by atoms with Gasteiger partial charge in [0.2, 0.25) is 0 Å². The molecule has 1 aromatic heterocycles. The van der Waals surface area contributed by atoms with Crippen molar-refractivity contribution >= 4 is 11.3 Å². The normalized spacial score (nSPS) is 10.4. The molecule has 0 fully saturated rings. The van der Waals surface area contributed by atoms with E-state index < -0.39 is 0 Å². The SMILES string of the molecule is CCc1ccsc1COOC. The molecule has 0 radical (unpaired) electrons. The van der Waals surface area contributed by atoms with Crippen molar-refractivity contribution in [1.82, 2.24) is 0 Å². The highest BCUT2D eigenvalue weighted by molar-refractivity contribution is 7.10. The molecule has 1 rings (SSSR count). The molecule has 3 heteroatoms. The standard InChI is InChI=1S/C8H12O2S/c1-3-7-4-5-11-8(7)6-10-9-2/h4-5H,3,6H2,1-2H3. The van der Waals surface area contributed by atoms with E-state index in [1.54, 1.807) is 11.3 Å². The molecule has 0 aliphatic heterocycles. The minimum atomic E-state index is 0.567. The number of hydrogen-bond acceptors (Lipinski definition) is 3. The Labute approximate surface area is 70.7 Å². The van der Waals surface area contributed by atoms with E-state index in [0.29, 0.717) is 6.61 Å². The van der Waals surface area contributed by atoms with Gasteiger partial charge >= 0.3 is 0 Å². The average molecular weight is 172 g/mol. The molecule has 0 unspecified atom stereocenters. The zero-order valence-electron chi connectivity index (χ0n) is 6.79. The highest BCUT2D eigenvalue weighted by Crippen LogP contribution is 2.17. The van der Waals surface area contributed by atoms with Gasteiger partial charge in [0, 0.05) is 4.88 Å². The predicted octanol–water partition coefficient (Wildman–Crippen LogP) is 2.39. The van der Waals surface area contributed by atoms with E-state index in [0.717, 1.165) is 6.42 Å². The highest BCUT2D eigenvalue weighted by Gasteiger charge is 2.01. The van der Waals surface area contributed by atoms with Gasteiger partial charge in [-0.2, -0.15) is 0 Å². The highest BCUT2D eigenvalue weighted by atomic mass is 32.1. The van der Waals surface area contributed by atoms with Crippen LogP contribution in [0.4, 0.5) is 0 Å². The Morgan fingerprint density at radius 3 is 3.00 bits per heavy atom. The van der Waals surface area contributed by atoms with Crippen molar-refractivity contribution in [2.45, 2.75) is 20.0 Å².